The number of halogens is 1. The van der Waals surface area contributed by atoms with Gasteiger partial charge in [-0.2, -0.15) is 0 Å². The minimum absolute atomic E-state index is 0.577. The Morgan fingerprint density at radius 2 is 2.26 bits per heavy atom. The van der Waals surface area contributed by atoms with Gasteiger partial charge in [-0.15, -0.1) is 0 Å². The van der Waals surface area contributed by atoms with Crippen LogP contribution in [0.15, 0.2) is 18.2 Å². The molecule has 1 unspecified atom stereocenters. The number of nitrogens with zero attached hydrogens (tertiary/aromatic N) is 1. The number of anilines is 1. The van der Waals surface area contributed by atoms with E-state index in [0.717, 1.165) is 34.4 Å². The average molecular weight is 297 g/mol. The first-order chi connectivity index (χ1) is 9.13. The van der Waals surface area contributed by atoms with Crippen molar-refractivity contribution in [2.24, 2.45) is 0 Å². The SMILES string of the molecule is CCC1CCCCN1C(=S)Nc1cccc(Cl)c1C. The van der Waals surface area contributed by atoms with Gasteiger partial charge in [-0.05, 0) is 62.5 Å². The Bertz CT molecular complexity index is 461. The average Bonchev–Trinajstić information content (AvgIpc) is 2.43. The zero-order valence-corrected chi connectivity index (χ0v) is 13.2. The Labute approximate surface area is 126 Å². The molecule has 1 aliphatic heterocycles. The Hall–Kier alpha value is -0.800. The van der Waals surface area contributed by atoms with Crippen molar-refractivity contribution in [3.8, 4) is 0 Å². The Morgan fingerprint density at radius 3 is 3.00 bits per heavy atom. The monoisotopic (exact) mass is 296 g/mol. The summed E-state index contributed by atoms with van der Waals surface area (Å²) in [6.45, 7) is 5.31. The first-order valence-electron chi connectivity index (χ1n) is 6.96. The molecule has 1 aliphatic rings. The van der Waals surface area contributed by atoms with E-state index >= 15 is 0 Å². The minimum atomic E-state index is 0.577. The summed E-state index contributed by atoms with van der Waals surface area (Å²) in [5.41, 5.74) is 2.06. The second-order valence-corrected chi connectivity index (χ2v) is 5.89. The number of benzene rings is 1. The van der Waals surface area contributed by atoms with Gasteiger partial charge in [-0.25, -0.2) is 0 Å². The van der Waals surface area contributed by atoms with Gasteiger partial charge in [0.2, 0.25) is 0 Å². The molecule has 0 bridgehead atoms. The number of piperidine rings is 1. The van der Waals surface area contributed by atoms with Crippen LogP contribution < -0.4 is 5.32 Å². The number of likely N-dealkylation sites (tertiary alicyclic amines) is 1. The topological polar surface area (TPSA) is 15.3 Å². The molecule has 1 N–H and O–H groups in total. The van der Waals surface area contributed by atoms with Crippen LogP contribution in [-0.2, 0) is 0 Å². The fraction of sp³-hybridized carbons (Fsp3) is 0.533. The third-order valence-corrected chi connectivity index (χ3v) is 4.61. The van der Waals surface area contributed by atoms with Crippen molar-refractivity contribution < 1.29 is 0 Å². The summed E-state index contributed by atoms with van der Waals surface area (Å²) in [6.07, 6.45) is 4.93. The zero-order valence-electron chi connectivity index (χ0n) is 11.6. The summed E-state index contributed by atoms with van der Waals surface area (Å²) in [5.74, 6) is 0. The summed E-state index contributed by atoms with van der Waals surface area (Å²) >= 11 is 11.7. The van der Waals surface area contributed by atoms with Gasteiger partial charge in [0.25, 0.3) is 0 Å². The van der Waals surface area contributed by atoms with E-state index in [0.29, 0.717) is 6.04 Å². The largest absolute Gasteiger partial charge is 0.346 e. The van der Waals surface area contributed by atoms with Crippen molar-refractivity contribution in [1.29, 1.82) is 0 Å². The second kappa shape index (κ2) is 6.58. The van der Waals surface area contributed by atoms with Gasteiger partial charge in [0.15, 0.2) is 5.11 Å². The molecule has 0 amide bonds. The zero-order chi connectivity index (χ0) is 13.8. The number of rotatable bonds is 2. The molecule has 1 fully saturated rings. The number of thiocarbonyl (C=S) groups is 1. The molecule has 1 heterocycles. The molecule has 1 atom stereocenters. The van der Waals surface area contributed by atoms with Gasteiger partial charge in [-0.1, -0.05) is 24.6 Å². The van der Waals surface area contributed by atoms with Crippen LogP contribution in [0.25, 0.3) is 0 Å². The van der Waals surface area contributed by atoms with Crippen LogP contribution >= 0.6 is 23.8 Å². The number of nitrogens with one attached hydrogen (secondary N) is 1. The van der Waals surface area contributed by atoms with Crippen molar-refractivity contribution in [2.75, 3.05) is 11.9 Å². The van der Waals surface area contributed by atoms with Crippen LogP contribution in [0.1, 0.15) is 38.2 Å². The summed E-state index contributed by atoms with van der Waals surface area (Å²) in [7, 11) is 0. The molecule has 0 aromatic heterocycles. The smallest absolute Gasteiger partial charge is 0.173 e. The highest BCUT2D eigenvalue weighted by molar-refractivity contribution is 7.80. The van der Waals surface area contributed by atoms with Crippen molar-refractivity contribution in [2.45, 2.75) is 45.6 Å². The summed E-state index contributed by atoms with van der Waals surface area (Å²) in [5, 5.41) is 4.96. The van der Waals surface area contributed by atoms with Crippen LogP contribution in [-0.4, -0.2) is 22.6 Å². The molecule has 4 heteroatoms. The van der Waals surface area contributed by atoms with Gasteiger partial charge in [-0.3, -0.25) is 0 Å². The quantitative estimate of drug-likeness (QED) is 0.802. The molecule has 0 saturated carbocycles. The molecule has 0 aliphatic carbocycles. The number of hydrogen-bond donors (Lipinski definition) is 1. The third kappa shape index (κ3) is 3.40. The summed E-state index contributed by atoms with van der Waals surface area (Å²) in [6, 6.07) is 6.46. The Morgan fingerprint density at radius 1 is 1.47 bits per heavy atom. The van der Waals surface area contributed by atoms with Crippen molar-refractivity contribution in [1.82, 2.24) is 4.90 Å². The van der Waals surface area contributed by atoms with Gasteiger partial charge < -0.3 is 10.2 Å². The van der Waals surface area contributed by atoms with Crippen LogP contribution in [0.5, 0.6) is 0 Å². The molecule has 0 radical (unpaired) electrons. The lowest BCUT2D eigenvalue weighted by Gasteiger charge is -2.37. The van der Waals surface area contributed by atoms with Gasteiger partial charge in [0.1, 0.15) is 0 Å². The van der Waals surface area contributed by atoms with Crippen molar-refractivity contribution in [3.63, 3.8) is 0 Å². The molecule has 0 spiro atoms. The lowest BCUT2D eigenvalue weighted by atomic mass is 10.0. The fourth-order valence-electron chi connectivity index (χ4n) is 2.62. The van der Waals surface area contributed by atoms with E-state index < -0.39 is 0 Å². The van der Waals surface area contributed by atoms with Crippen LogP contribution in [0, 0.1) is 6.92 Å². The van der Waals surface area contributed by atoms with Gasteiger partial charge in [0.05, 0.1) is 0 Å². The fourth-order valence-corrected chi connectivity index (χ4v) is 3.15. The maximum Gasteiger partial charge on any atom is 0.173 e. The molecule has 2 rings (SSSR count). The predicted octanol–water partition coefficient (Wildman–Crippen LogP) is 4.61. The third-order valence-electron chi connectivity index (χ3n) is 3.87. The second-order valence-electron chi connectivity index (χ2n) is 5.09. The maximum atomic E-state index is 6.14. The highest BCUT2D eigenvalue weighted by atomic mass is 35.5. The summed E-state index contributed by atoms with van der Waals surface area (Å²) < 4.78 is 0. The minimum Gasteiger partial charge on any atom is -0.346 e. The standard InChI is InChI=1S/C15H21ClN2S/c1-3-12-7-4-5-10-18(12)15(19)17-14-9-6-8-13(16)11(14)2/h6,8-9,12H,3-5,7,10H2,1-2H3,(H,17,19). The molecule has 19 heavy (non-hydrogen) atoms. The van der Waals surface area contributed by atoms with Crippen LogP contribution in [0.2, 0.25) is 5.02 Å². The molecule has 1 aromatic carbocycles. The van der Waals surface area contributed by atoms with Gasteiger partial charge >= 0.3 is 0 Å². The van der Waals surface area contributed by atoms with E-state index in [-0.39, 0.29) is 0 Å². The van der Waals surface area contributed by atoms with E-state index in [4.69, 9.17) is 23.8 Å². The van der Waals surface area contributed by atoms with Crippen molar-refractivity contribution >= 4 is 34.6 Å². The molecule has 1 aromatic rings. The number of hydrogen-bond acceptors (Lipinski definition) is 1. The molecule has 104 valence electrons. The van der Waals surface area contributed by atoms with Crippen molar-refractivity contribution in [3.05, 3.63) is 28.8 Å². The van der Waals surface area contributed by atoms with Crippen LogP contribution in [0.4, 0.5) is 5.69 Å². The lowest BCUT2D eigenvalue weighted by Crippen LogP contribution is -2.45. The van der Waals surface area contributed by atoms with E-state index in [1.54, 1.807) is 0 Å². The lowest BCUT2D eigenvalue weighted by molar-refractivity contribution is 0.239. The van der Waals surface area contributed by atoms with E-state index in [2.05, 4.69) is 17.1 Å². The van der Waals surface area contributed by atoms with E-state index in [9.17, 15) is 0 Å². The van der Waals surface area contributed by atoms with E-state index in [1.165, 1.54) is 19.3 Å². The Balaban J connectivity index is 2.09. The van der Waals surface area contributed by atoms with Gasteiger partial charge in [0, 0.05) is 23.3 Å². The van der Waals surface area contributed by atoms with Crippen LogP contribution in [0.3, 0.4) is 0 Å². The molecule has 2 nitrogen and oxygen atoms in total. The predicted molar refractivity (Wildman–Crippen MR) is 87.0 cm³/mol. The first-order valence-corrected chi connectivity index (χ1v) is 7.74. The summed E-state index contributed by atoms with van der Waals surface area (Å²) in [4.78, 5) is 2.33. The molecule has 1 saturated heterocycles. The maximum absolute atomic E-state index is 6.14. The first kappa shape index (κ1) is 14.6. The highest BCUT2D eigenvalue weighted by Gasteiger charge is 2.23. The molecular formula is C15H21ClN2S. The highest BCUT2D eigenvalue weighted by Crippen LogP contribution is 2.25. The normalized spacial score (nSPS) is 19.3. The Kier molecular flexibility index (Phi) is 5.06. The van der Waals surface area contributed by atoms with E-state index in [1.807, 2.05) is 25.1 Å². The molecular weight excluding hydrogens is 276 g/mol.